The summed E-state index contributed by atoms with van der Waals surface area (Å²) >= 11 is 0. The molecular formula is C13H21N3O. The fraction of sp³-hybridized carbons (Fsp3) is 0.615. The van der Waals surface area contributed by atoms with Crippen LogP contribution in [-0.4, -0.2) is 36.1 Å². The molecule has 0 saturated carbocycles. The van der Waals surface area contributed by atoms with E-state index in [-0.39, 0.29) is 0 Å². The van der Waals surface area contributed by atoms with Crippen LogP contribution in [0.25, 0.3) is 0 Å². The number of nitrogens with zero attached hydrogens (tertiary/aromatic N) is 2. The Labute approximate surface area is 103 Å². The zero-order chi connectivity index (χ0) is 11.9. The van der Waals surface area contributed by atoms with Crippen molar-refractivity contribution in [3.05, 3.63) is 24.0 Å². The van der Waals surface area contributed by atoms with E-state index < -0.39 is 0 Å². The molecule has 1 fully saturated rings. The van der Waals surface area contributed by atoms with Crippen molar-refractivity contribution in [3.63, 3.8) is 0 Å². The summed E-state index contributed by atoms with van der Waals surface area (Å²) in [6.07, 6.45) is 5.78. The van der Waals surface area contributed by atoms with Crippen molar-refractivity contribution in [3.8, 4) is 5.75 Å². The SMILES string of the molecule is NCc1cc(OCCN2CCCCC2)ccn1. The van der Waals surface area contributed by atoms with Crippen molar-refractivity contribution in [2.45, 2.75) is 25.8 Å². The first-order valence-electron chi connectivity index (χ1n) is 6.38. The molecule has 0 atom stereocenters. The highest BCUT2D eigenvalue weighted by Gasteiger charge is 2.09. The quantitative estimate of drug-likeness (QED) is 0.838. The molecule has 4 heteroatoms. The average molecular weight is 235 g/mol. The summed E-state index contributed by atoms with van der Waals surface area (Å²) < 4.78 is 5.71. The van der Waals surface area contributed by atoms with Crippen LogP contribution in [0.15, 0.2) is 18.3 Å². The largest absolute Gasteiger partial charge is 0.492 e. The van der Waals surface area contributed by atoms with Gasteiger partial charge in [-0.3, -0.25) is 9.88 Å². The van der Waals surface area contributed by atoms with E-state index in [9.17, 15) is 0 Å². The molecule has 0 aromatic carbocycles. The van der Waals surface area contributed by atoms with E-state index >= 15 is 0 Å². The zero-order valence-corrected chi connectivity index (χ0v) is 10.3. The smallest absolute Gasteiger partial charge is 0.122 e. The van der Waals surface area contributed by atoms with Gasteiger partial charge in [0.15, 0.2) is 0 Å². The van der Waals surface area contributed by atoms with E-state index in [0.29, 0.717) is 6.54 Å². The molecule has 0 spiro atoms. The van der Waals surface area contributed by atoms with E-state index in [4.69, 9.17) is 10.5 Å². The number of likely N-dealkylation sites (tertiary alicyclic amines) is 1. The average Bonchev–Trinajstić information content (AvgIpc) is 2.40. The second-order valence-electron chi connectivity index (χ2n) is 4.44. The number of hydrogen-bond donors (Lipinski definition) is 1. The van der Waals surface area contributed by atoms with Gasteiger partial charge in [0, 0.05) is 25.4 Å². The maximum absolute atomic E-state index is 5.71. The van der Waals surface area contributed by atoms with Crippen molar-refractivity contribution in [2.75, 3.05) is 26.2 Å². The lowest BCUT2D eigenvalue weighted by Crippen LogP contribution is -2.33. The lowest BCUT2D eigenvalue weighted by molar-refractivity contribution is 0.183. The van der Waals surface area contributed by atoms with Gasteiger partial charge in [-0.25, -0.2) is 0 Å². The van der Waals surface area contributed by atoms with Gasteiger partial charge in [-0.05, 0) is 32.0 Å². The number of aromatic nitrogens is 1. The van der Waals surface area contributed by atoms with Crippen LogP contribution < -0.4 is 10.5 Å². The minimum Gasteiger partial charge on any atom is -0.492 e. The Kier molecular flexibility index (Phi) is 4.76. The van der Waals surface area contributed by atoms with Crippen LogP contribution in [0.4, 0.5) is 0 Å². The first kappa shape index (κ1) is 12.3. The number of hydrogen-bond acceptors (Lipinski definition) is 4. The van der Waals surface area contributed by atoms with Crippen molar-refractivity contribution in [1.82, 2.24) is 9.88 Å². The molecule has 0 radical (unpaired) electrons. The summed E-state index contributed by atoms with van der Waals surface area (Å²) in [6, 6.07) is 3.80. The van der Waals surface area contributed by atoms with Gasteiger partial charge in [0.1, 0.15) is 12.4 Å². The fourth-order valence-corrected chi connectivity index (χ4v) is 2.13. The number of ether oxygens (including phenoxy) is 1. The fourth-order valence-electron chi connectivity index (χ4n) is 2.13. The highest BCUT2D eigenvalue weighted by Crippen LogP contribution is 2.11. The maximum atomic E-state index is 5.71. The van der Waals surface area contributed by atoms with Crippen LogP contribution in [0.3, 0.4) is 0 Å². The molecule has 0 unspecified atom stereocenters. The second kappa shape index (κ2) is 6.57. The first-order valence-corrected chi connectivity index (χ1v) is 6.38. The van der Waals surface area contributed by atoms with Gasteiger partial charge in [-0.15, -0.1) is 0 Å². The van der Waals surface area contributed by atoms with Crippen LogP contribution >= 0.6 is 0 Å². The molecule has 1 aliphatic heterocycles. The Bertz CT molecular complexity index is 337. The molecule has 17 heavy (non-hydrogen) atoms. The van der Waals surface area contributed by atoms with E-state index in [1.165, 1.54) is 32.4 Å². The molecule has 1 aromatic rings. The van der Waals surface area contributed by atoms with Gasteiger partial charge in [0.2, 0.25) is 0 Å². The third-order valence-corrected chi connectivity index (χ3v) is 3.12. The third-order valence-electron chi connectivity index (χ3n) is 3.12. The minimum absolute atomic E-state index is 0.462. The Morgan fingerprint density at radius 1 is 1.29 bits per heavy atom. The van der Waals surface area contributed by atoms with Gasteiger partial charge < -0.3 is 10.5 Å². The zero-order valence-electron chi connectivity index (χ0n) is 10.3. The van der Waals surface area contributed by atoms with Gasteiger partial charge >= 0.3 is 0 Å². The van der Waals surface area contributed by atoms with E-state index in [1.807, 2.05) is 12.1 Å². The molecule has 1 aromatic heterocycles. The number of rotatable bonds is 5. The molecule has 0 amide bonds. The summed E-state index contributed by atoms with van der Waals surface area (Å²) in [6.45, 7) is 4.65. The summed E-state index contributed by atoms with van der Waals surface area (Å²) in [5.41, 5.74) is 6.41. The van der Waals surface area contributed by atoms with Crippen molar-refractivity contribution in [2.24, 2.45) is 5.73 Å². The van der Waals surface area contributed by atoms with Crippen LogP contribution in [0.2, 0.25) is 0 Å². The van der Waals surface area contributed by atoms with Gasteiger partial charge in [-0.2, -0.15) is 0 Å². The lowest BCUT2D eigenvalue weighted by Gasteiger charge is -2.26. The Balaban J connectivity index is 1.73. The monoisotopic (exact) mass is 235 g/mol. The molecule has 1 aliphatic rings. The number of nitrogens with two attached hydrogens (primary N) is 1. The summed E-state index contributed by atoms with van der Waals surface area (Å²) in [4.78, 5) is 6.61. The maximum Gasteiger partial charge on any atom is 0.122 e. The number of piperidine rings is 1. The van der Waals surface area contributed by atoms with E-state index in [0.717, 1.165) is 24.6 Å². The third kappa shape index (κ3) is 3.98. The lowest BCUT2D eigenvalue weighted by atomic mass is 10.1. The highest BCUT2D eigenvalue weighted by molar-refractivity contribution is 5.22. The molecule has 0 bridgehead atoms. The van der Waals surface area contributed by atoms with Gasteiger partial charge in [-0.1, -0.05) is 6.42 Å². The molecule has 1 saturated heterocycles. The predicted molar refractivity (Wildman–Crippen MR) is 67.9 cm³/mol. The van der Waals surface area contributed by atoms with Crippen LogP contribution in [-0.2, 0) is 6.54 Å². The molecule has 94 valence electrons. The Morgan fingerprint density at radius 2 is 2.12 bits per heavy atom. The summed E-state index contributed by atoms with van der Waals surface area (Å²) in [7, 11) is 0. The Hall–Kier alpha value is -1.13. The van der Waals surface area contributed by atoms with Crippen molar-refractivity contribution < 1.29 is 4.74 Å². The normalized spacial score (nSPS) is 17.0. The van der Waals surface area contributed by atoms with Crippen LogP contribution in [0.5, 0.6) is 5.75 Å². The van der Waals surface area contributed by atoms with Crippen molar-refractivity contribution in [1.29, 1.82) is 0 Å². The summed E-state index contributed by atoms with van der Waals surface area (Å²) in [5, 5.41) is 0. The molecule has 2 N–H and O–H groups in total. The Morgan fingerprint density at radius 3 is 2.88 bits per heavy atom. The standard InChI is InChI=1S/C13H21N3O/c14-11-12-10-13(4-5-15-12)17-9-8-16-6-2-1-3-7-16/h4-5,10H,1-3,6-9,11,14H2. The van der Waals surface area contributed by atoms with E-state index in [1.54, 1.807) is 6.20 Å². The van der Waals surface area contributed by atoms with E-state index in [2.05, 4.69) is 9.88 Å². The molecule has 4 nitrogen and oxygen atoms in total. The topological polar surface area (TPSA) is 51.4 Å². The van der Waals surface area contributed by atoms with Gasteiger partial charge in [0.25, 0.3) is 0 Å². The second-order valence-corrected chi connectivity index (χ2v) is 4.44. The minimum atomic E-state index is 0.462. The number of pyridine rings is 1. The summed E-state index contributed by atoms with van der Waals surface area (Å²) in [5.74, 6) is 0.873. The molecule has 2 heterocycles. The molecule has 2 rings (SSSR count). The van der Waals surface area contributed by atoms with Gasteiger partial charge in [0.05, 0.1) is 5.69 Å². The van der Waals surface area contributed by atoms with Crippen LogP contribution in [0.1, 0.15) is 25.0 Å². The highest BCUT2D eigenvalue weighted by atomic mass is 16.5. The predicted octanol–water partition coefficient (Wildman–Crippen LogP) is 1.40. The van der Waals surface area contributed by atoms with Crippen LogP contribution in [0, 0.1) is 0 Å². The molecule has 0 aliphatic carbocycles. The first-order chi connectivity index (χ1) is 8.38. The molecular weight excluding hydrogens is 214 g/mol. The van der Waals surface area contributed by atoms with Crippen molar-refractivity contribution >= 4 is 0 Å².